The molecule has 50 heavy (non-hydrogen) atoms. The van der Waals surface area contributed by atoms with E-state index < -0.39 is 16.9 Å². The highest BCUT2D eigenvalue weighted by Crippen LogP contribution is 2.41. The van der Waals surface area contributed by atoms with Crippen LogP contribution in [0.2, 0.25) is 0 Å². The predicted molar refractivity (Wildman–Crippen MR) is 188 cm³/mol. The molecule has 0 saturated carbocycles. The number of nitro benzene ring substituents is 1. The van der Waals surface area contributed by atoms with Crippen LogP contribution in [0.3, 0.4) is 0 Å². The van der Waals surface area contributed by atoms with Gasteiger partial charge in [0.25, 0.3) is 5.69 Å². The first-order valence-corrected chi connectivity index (χ1v) is 16.9. The molecule has 272 valence electrons. The number of nitro groups is 1. The summed E-state index contributed by atoms with van der Waals surface area (Å²) in [6, 6.07) is 12.7. The van der Waals surface area contributed by atoms with Crippen LogP contribution >= 0.6 is 11.8 Å². The first kappa shape index (κ1) is 39.7. The van der Waals surface area contributed by atoms with Crippen molar-refractivity contribution in [3.63, 3.8) is 0 Å². The maximum Gasteiger partial charge on any atom is 0.338 e. The SMILES string of the molecule is COc1cc(C(=O)OCCCNCCCNCCCOC(=O)c2cc(OC)c(OC)c(SCc3ccc([N+](=O)[O-])cc3)c2)cc(OC)c1OC. The van der Waals surface area contributed by atoms with Gasteiger partial charge in [0.1, 0.15) is 0 Å². The number of hydrogen-bond donors (Lipinski definition) is 2. The summed E-state index contributed by atoms with van der Waals surface area (Å²) in [6.45, 7) is 3.50. The van der Waals surface area contributed by atoms with Crippen molar-refractivity contribution >= 4 is 29.4 Å². The van der Waals surface area contributed by atoms with Crippen molar-refractivity contribution in [3.8, 4) is 28.7 Å². The second kappa shape index (κ2) is 21.4. The number of carbonyl (C=O) groups excluding carboxylic acids is 2. The van der Waals surface area contributed by atoms with Crippen molar-refractivity contribution in [1.82, 2.24) is 10.6 Å². The van der Waals surface area contributed by atoms with Crippen molar-refractivity contribution < 1.29 is 47.7 Å². The Morgan fingerprint density at radius 1 is 0.660 bits per heavy atom. The third kappa shape index (κ3) is 12.0. The molecule has 0 radical (unpaired) electrons. The van der Waals surface area contributed by atoms with Crippen LogP contribution in [0.15, 0.2) is 53.4 Å². The summed E-state index contributed by atoms with van der Waals surface area (Å²) in [5.74, 6) is 1.63. The van der Waals surface area contributed by atoms with Crippen LogP contribution in [0, 0.1) is 10.1 Å². The molecule has 0 fully saturated rings. The number of thioether (sulfide) groups is 1. The minimum Gasteiger partial charge on any atom is -0.493 e. The van der Waals surface area contributed by atoms with Gasteiger partial charge in [-0.3, -0.25) is 10.1 Å². The molecule has 0 atom stereocenters. The first-order chi connectivity index (χ1) is 24.3. The lowest BCUT2D eigenvalue weighted by atomic mass is 10.2. The monoisotopic (exact) mass is 715 g/mol. The van der Waals surface area contributed by atoms with Crippen LogP contribution in [-0.4, -0.2) is 91.8 Å². The third-order valence-electron chi connectivity index (χ3n) is 7.29. The fraction of sp³-hybridized carbons (Fsp3) is 0.429. The molecule has 14 nitrogen and oxygen atoms in total. The van der Waals surface area contributed by atoms with Gasteiger partial charge in [0.05, 0.1) is 69.7 Å². The van der Waals surface area contributed by atoms with Gasteiger partial charge in [-0.1, -0.05) is 12.1 Å². The highest BCUT2D eigenvalue weighted by atomic mass is 32.2. The van der Waals surface area contributed by atoms with E-state index in [2.05, 4.69) is 10.6 Å². The highest BCUT2D eigenvalue weighted by molar-refractivity contribution is 7.98. The lowest BCUT2D eigenvalue weighted by Gasteiger charge is -2.15. The Bertz CT molecular complexity index is 1530. The molecule has 3 rings (SSSR count). The molecule has 2 N–H and O–H groups in total. The number of carbonyl (C=O) groups is 2. The van der Waals surface area contributed by atoms with Crippen molar-refractivity contribution in [1.29, 1.82) is 0 Å². The van der Waals surface area contributed by atoms with Crippen LogP contribution in [0.5, 0.6) is 28.7 Å². The van der Waals surface area contributed by atoms with Crippen LogP contribution in [0.4, 0.5) is 5.69 Å². The zero-order valence-electron chi connectivity index (χ0n) is 29.0. The summed E-state index contributed by atoms with van der Waals surface area (Å²) < 4.78 is 37.7. The van der Waals surface area contributed by atoms with Gasteiger partial charge in [0, 0.05) is 17.9 Å². The van der Waals surface area contributed by atoms with Gasteiger partial charge in [-0.15, -0.1) is 11.8 Å². The molecule has 3 aromatic rings. The highest BCUT2D eigenvalue weighted by Gasteiger charge is 2.19. The lowest BCUT2D eigenvalue weighted by molar-refractivity contribution is -0.384. The van der Waals surface area contributed by atoms with Crippen molar-refractivity contribution in [2.75, 3.05) is 74.9 Å². The zero-order valence-corrected chi connectivity index (χ0v) is 29.9. The number of ether oxygens (including phenoxy) is 7. The van der Waals surface area contributed by atoms with Crippen LogP contribution in [0.25, 0.3) is 0 Å². The van der Waals surface area contributed by atoms with E-state index in [1.54, 1.807) is 36.4 Å². The quantitative estimate of drug-likeness (QED) is 0.0427. The molecular formula is C35H45N3O11S. The Balaban J connectivity index is 1.29. The molecular weight excluding hydrogens is 670 g/mol. The fourth-order valence-electron chi connectivity index (χ4n) is 4.71. The summed E-state index contributed by atoms with van der Waals surface area (Å²) in [6.07, 6.45) is 2.21. The van der Waals surface area contributed by atoms with Crippen molar-refractivity contribution in [2.45, 2.75) is 29.9 Å². The normalized spacial score (nSPS) is 10.7. The minimum atomic E-state index is -0.471. The second-order valence-corrected chi connectivity index (χ2v) is 11.7. The average molecular weight is 716 g/mol. The number of esters is 2. The number of hydrogen-bond acceptors (Lipinski definition) is 14. The number of non-ortho nitro benzene ring substituents is 1. The summed E-state index contributed by atoms with van der Waals surface area (Å²) in [7, 11) is 7.49. The number of methoxy groups -OCH3 is 5. The third-order valence-corrected chi connectivity index (χ3v) is 8.38. The van der Waals surface area contributed by atoms with Gasteiger partial charge >= 0.3 is 11.9 Å². The molecule has 0 aliphatic carbocycles. The van der Waals surface area contributed by atoms with Crippen LogP contribution < -0.4 is 34.3 Å². The van der Waals surface area contributed by atoms with E-state index in [1.807, 2.05) is 0 Å². The summed E-state index contributed by atoms with van der Waals surface area (Å²) in [5, 5.41) is 17.6. The van der Waals surface area contributed by atoms with Gasteiger partial charge in [-0.05, 0) is 75.3 Å². The van der Waals surface area contributed by atoms with E-state index in [9.17, 15) is 19.7 Å². The van der Waals surface area contributed by atoms with Gasteiger partial charge in [0.2, 0.25) is 5.75 Å². The average Bonchev–Trinajstić information content (AvgIpc) is 3.14. The number of rotatable bonds is 23. The predicted octanol–water partition coefficient (Wildman–Crippen LogP) is 5.29. The van der Waals surface area contributed by atoms with Crippen LogP contribution in [-0.2, 0) is 15.2 Å². The lowest BCUT2D eigenvalue weighted by Crippen LogP contribution is -2.24. The Kier molecular flexibility index (Phi) is 17.0. The topological polar surface area (TPSA) is 166 Å². The van der Waals surface area contributed by atoms with Crippen molar-refractivity contribution in [3.05, 3.63) is 75.3 Å². The first-order valence-electron chi connectivity index (χ1n) is 15.9. The van der Waals surface area contributed by atoms with Gasteiger partial charge in [-0.2, -0.15) is 0 Å². The number of benzene rings is 3. The van der Waals surface area contributed by atoms with Gasteiger partial charge < -0.3 is 43.8 Å². The van der Waals surface area contributed by atoms with E-state index in [4.69, 9.17) is 33.2 Å². The second-order valence-electron chi connectivity index (χ2n) is 10.7. The van der Waals surface area contributed by atoms with Gasteiger partial charge in [0.15, 0.2) is 23.0 Å². The fourth-order valence-corrected chi connectivity index (χ4v) is 5.75. The Hall–Kier alpha value is -4.73. The molecule has 0 heterocycles. The van der Waals surface area contributed by atoms with E-state index in [0.29, 0.717) is 76.5 Å². The Morgan fingerprint density at radius 3 is 1.58 bits per heavy atom. The molecule has 0 saturated heterocycles. The zero-order chi connectivity index (χ0) is 36.3. The molecule has 0 spiro atoms. The van der Waals surface area contributed by atoms with E-state index >= 15 is 0 Å². The summed E-state index contributed by atoms with van der Waals surface area (Å²) in [5.41, 5.74) is 1.56. The van der Waals surface area contributed by atoms with E-state index in [0.717, 1.165) is 25.1 Å². The minimum absolute atomic E-state index is 0.0235. The molecule has 0 unspecified atom stereocenters. The summed E-state index contributed by atoms with van der Waals surface area (Å²) >= 11 is 1.42. The van der Waals surface area contributed by atoms with Crippen molar-refractivity contribution in [2.24, 2.45) is 0 Å². The maximum atomic E-state index is 12.8. The van der Waals surface area contributed by atoms with Crippen LogP contribution in [0.1, 0.15) is 45.5 Å². The van der Waals surface area contributed by atoms with Gasteiger partial charge in [-0.25, -0.2) is 9.59 Å². The standard InChI is InChI=1S/C35H45N3O11S/c1-43-28-19-25(20-29(44-2)32(28)46-4)34(39)48-17-7-15-36-13-6-14-37-16-8-18-49-35(40)26-21-30(45-3)33(47-5)31(22-26)50-23-24-9-11-27(12-10-24)38(41)42/h9-12,19-22,36-37H,6-8,13-18,23H2,1-5H3. The molecule has 0 aromatic heterocycles. The summed E-state index contributed by atoms with van der Waals surface area (Å²) in [4.78, 5) is 36.5. The molecule has 0 aliphatic heterocycles. The smallest absolute Gasteiger partial charge is 0.338 e. The molecule has 0 aliphatic rings. The molecule has 3 aromatic carbocycles. The number of nitrogens with zero attached hydrogens (tertiary/aromatic N) is 1. The molecule has 0 amide bonds. The Labute approximate surface area is 296 Å². The molecule has 15 heteroatoms. The number of nitrogens with one attached hydrogen (secondary N) is 2. The largest absolute Gasteiger partial charge is 0.493 e. The maximum absolute atomic E-state index is 12.8. The Morgan fingerprint density at radius 2 is 1.12 bits per heavy atom. The van der Waals surface area contributed by atoms with E-state index in [1.165, 1.54) is 59.4 Å². The van der Waals surface area contributed by atoms with E-state index in [-0.39, 0.29) is 18.9 Å². The molecule has 0 bridgehead atoms.